The van der Waals surface area contributed by atoms with E-state index in [1.807, 2.05) is 6.92 Å². The quantitative estimate of drug-likeness (QED) is 0.674. The Balaban J connectivity index is 2.14. The van der Waals surface area contributed by atoms with Crippen LogP contribution in [-0.4, -0.2) is 25.0 Å². The highest BCUT2D eigenvalue weighted by Gasteiger charge is 2.01. The van der Waals surface area contributed by atoms with Crippen molar-refractivity contribution in [2.45, 2.75) is 13.5 Å². The first-order valence-electron chi connectivity index (χ1n) is 3.90. The molecule has 6 nitrogen and oxygen atoms in total. The van der Waals surface area contributed by atoms with E-state index in [2.05, 4.69) is 20.3 Å². The number of aromatic amines is 1. The predicted octanol–water partition coefficient (Wildman–Crippen LogP) is -0.0599. The lowest BCUT2D eigenvalue weighted by Crippen LogP contribution is -2.01. The molecular formula is C7H10N6. The van der Waals surface area contributed by atoms with Gasteiger partial charge in [-0.2, -0.15) is 10.2 Å². The molecule has 0 amide bonds. The van der Waals surface area contributed by atoms with Crippen molar-refractivity contribution in [1.29, 1.82) is 0 Å². The van der Waals surface area contributed by atoms with Crippen molar-refractivity contribution in [2.24, 2.45) is 0 Å². The van der Waals surface area contributed by atoms with E-state index in [0.717, 1.165) is 5.82 Å². The molecular weight excluding hydrogens is 168 g/mol. The van der Waals surface area contributed by atoms with Gasteiger partial charge in [0, 0.05) is 6.20 Å². The standard InChI is InChI=1S/C7H10N6/c1-5-10-7(12-11-5)4-13-3-6(8)2-9-13/h2-3H,4,8H2,1H3,(H,10,11,12). The molecule has 2 heterocycles. The van der Waals surface area contributed by atoms with Crippen LogP contribution in [0.25, 0.3) is 0 Å². The molecule has 0 aliphatic rings. The van der Waals surface area contributed by atoms with Crippen LogP contribution in [0.3, 0.4) is 0 Å². The van der Waals surface area contributed by atoms with Gasteiger partial charge in [-0.25, -0.2) is 4.98 Å². The van der Waals surface area contributed by atoms with Crippen LogP contribution in [0.2, 0.25) is 0 Å². The van der Waals surface area contributed by atoms with Gasteiger partial charge in [0.2, 0.25) is 0 Å². The fraction of sp³-hybridized carbons (Fsp3) is 0.286. The summed E-state index contributed by atoms with van der Waals surface area (Å²) in [6.45, 7) is 2.40. The van der Waals surface area contributed by atoms with Crippen molar-refractivity contribution >= 4 is 5.69 Å². The zero-order chi connectivity index (χ0) is 9.26. The van der Waals surface area contributed by atoms with E-state index in [9.17, 15) is 0 Å². The second-order valence-corrected chi connectivity index (χ2v) is 2.81. The molecule has 0 saturated carbocycles. The first kappa shape index (κ1) is 7.78. The molecule has 0 saturated heterocycles. The topological polar surface area (TPSA) is 85.4 Å². The third kappa shape index (κ3) is 1.66. The van der Waals surface area contributed by atoms with E-state index >= 15 is 0 Å². The van der Waals surface area contributed by atoms with Crippen LogP contribution in [0.15, 0.2) is 12.4 Å². The molecule has 0 spiro atoms. The number of hydrogen-bond acceptors (Lipinski definition) is 4. The number of rotatable bonds is 2. The Bertz CT molecular complexity index is 362. The molecule has 0 fully saturated rings. The van der Waals surface area contributed by atoms with E-state index in [1.54, 1.807) is 17.1 Å². The molecule has 2 aromatic heterocycles. The summed E-state index contributed by atoms with van der Waals surface area (Å²) in [6, 6.07) is 0. The van der Waals surface area contributed by atoms with Gasteiger partial charge in [-0.05, 0) is 6.92 Å². The number of nitrogens with one attached hydrogen (secondary N) is 1. The van der Waals surface area contributed by atoms with Crippen LogP contribution in [-0.2, 0) is 6.54 Å². The van der Waals surface area contributed by atoms with E-state index in [0.29, 0.717) is 18.1 Å². The average Bonchev–Trinajstić information content (AvgIpc) is 2.62. The zero-order valence-corrected chi connectivity index (χ0v) is 7.23. The summed E-state index contributed by atoms with van der Waals surface area (Å²) in [7, 11) is 0. The number of aryl methyl sites for hydroxylation is 1. The van der Waals surface area contributed by atoms with Crippen LogP contribution >= 0.6 is 0 Å². The van der Waals surface area contributed by atoms with Crippen molar-refractivity contribution in [3.8, 4) is 0 Å². The van der Waals surface area contributed by atoms with Crippen molar-refractivity contribution < 1.29 is 0 Å². The highest BCUT2D eigenvalue weighted by Crippen LogP contribution is 2.00. The lowest BCUT2D eigenvalue weighted by Gasteiger charge is -1.93. The molecule has 68 valence electrons. The van der Waals surface area contributed by atoms with Gasteiger partial charge in [0.1, 0.15) is 12.4 Å². The lowest BCUT2D eigenvalue weighted by molar-refractivity contribution is 0.657. The summed E-state index contributed by atoms with van der Waals surface area (Å²) < 4.78 is 1.69. The van der Waals surface area contributed by atoms with Crippen LogP contribution in [0.1, 0.15) is 11.6 Å². The van der Waals surface area contributed by atoms with E-state index in [1.165, 1.54) is 0 Å². The molecule has 0 aliphatic carbocycles. The minimum Gasteiger partial charge on any atom is -0.396 e. The third-order valence-electron chi connectivity index (χ3n) is 1.60. The summed E-state index contributed by atoms with van der Waals surface area (Å²) in [5.74, 6) is 1.51. The SMILES string of the molecule is Cc1nc(Cn2cc(N)cn2)n[nH]1. The van der Waals surface area contributed by atoms with Crippen molar-refractivity contribution in [2.75, 3.05) is 5.73 Å². The molecule has 13 heavy (non-hydrogen) atoms. The molecule has 2 rings (SSSR count). The zero-order valence-electron chi connectivity index (χ0n) is 7.23. The van der Waals surface area contributed by atoms with E-state index < -0.39 is 0 Å². The van der Waals surface area contributed by atoms with Gasteiger partial charge in [0.05, 0.1) is 11.9 Å². The van der Waals surface area contributed by atoms with Gasteiger partial charge in [0.25, 0.3) is 0 Å². The molecule has 6 heteroatoms. The first-order valence-corrected chi connectivity index (χ1v) is 3.90. The van der Waals surface area contributed by atoms with Crippen LogP contribution < -0.4 is 5.73 Å². The van der Waals surface area contributed by atoms with Crippen molar-refractivity contribution in [1.82, 2.24) is 25.0 Å². The molecule has 0 aliphatic heterocycles. The highest BCUT2D eigenvalue weighted by molar-refractivity contribution is 5.30. The summed E-state index contributed by atoms with van der Waals surface area (Å²) in [6.07, 6.45) is 3.34. The number of nitrogen functional groups attached to an aromatic ring is 1. The smallest absolute Gasteiger partial charge is 0.172 e. The van der Waals surface area contributed by atoms with Gasteiger partial charge < -0.3 is 5.73 Å². The fourth-order valence-electron chi connectivity index (χ4n) is 1.07. The molecule has 0 radical (unpaired) electrons. The molecule has 0 atom stereocenters. The largest absolute Gasteiger partial charge is 0.396 e. The van der Waals surface area contributed by atoms with Crippen LogP contribution in [0, 0.1) is 6.92 Å². The Kier molecular flexibility index (Phi) is 1.73. The van der Waals surface area contributed by atoms with Gasteiger partial charge in [-0.3, -0.25) is 9.78 Å². The van der Waals surface area contributed by atoms with Crippen LogP contribution in [0.5, 0.6) is 0 Å². The average molecular weight is 178 g/mol. The highest BCUT2D eigenvalue weighted by atomic mass is 15.3. The molecule has 0 bridgehead atoms. The Morgan fingerprint density at radius 1 is 1.62 bits per heavy atom. The van der Waals surface area contributed by atoms with Gasteiger partial charge in [-0.15, -0.1) is 0 Å². The normalized spacial score (nSPS) is 10.5. The maximum Gasteiger partial charge on any atom is 0.172 e. The predicted molar refractivity (Wildman–Crippen MR) is 46.9 cm³/mol. The second kappa shape index (κ2) is 2.89. The Hall–Kier alpha value is -1.85. The van der Waals surface area contributed by atoms with E-state index in [4.69, 9.17) is 5.73 Å². The second-order valence-electron chi connectivity index (χ2n) is 2.81. The Morgan fingerprint density at radius 3 is 3.00 bits per heavy atom. The molecule has 0 aromatic carbocycles. The number of hydrogen-bond donors (Lipinski definition) is 2. The summed E-state index contributed by atoms with van der Waals surface area (Å²) >= 11 is 0. The summed E-state index contributed by atoms with van der Waals surface area (Å²) in [5, 5.41) is 10.8. The molecule has 3 N–H and O–H groups in total. The molecule has 0 unspecified atom stereocenters. The first-order chi connectivity index (χ1) is 6.24. The maximum atomic E-state index is 5.51. The Labute approximate surface area is 74.8 Å². The summed E-state index contributed by atoms with van der Waals surface area (Å²) in [4.78, 5) is 4.15. The number of anilines is 1. The molecule has 2 aromatic rings. The number of H-pyrrole nitrogens is 1. The van der Waals surface area contributed by atoms with Gasteiger partial charge >= 0.3 is 0 Å². The number of nitrogens with two attached hydrogens (primary N) is 1. The Morgan fingerprint density at radius 2 is 2.46 bits per heavy atom. The monoisotopic (exact) mass is 178 g/mol. The minimum atomic E-state index is 0.543. The lowest BCUT2D eigenvalue weighted by atomic mass is 10.6. The summed E-state index contributed by atoms with van der Waals surface area (Å²) in [5.41, 5.74) is 6.15. The maximum absolute atomic E-state index is 5.51. The van der Waals surface area contributed by atoms with E-state index in [-0.39, 0.29) is 0 Å². The van der Waals surface area contributed by atoms with Crippen molar-refractivity contribution in [3.05, 3.63) is 24.0 Å². The minimum absolute atomic E-state index is 0.543. The third-order valence-corrected chi connectivity index (χ3v) is 1.60. The number of aromatic nitrogens is 5. The van der Waals surface area contributed by atoms with Gasteiger partial charge in [-0.1, -0.05) is 0 Å². The van der Waals surface area contributed by atoms with Gasteiger partial charge in [0.15, 0.2) is 5.82 Å². The number of nitrogens with zero attached hydrogens (tertiary/aromatic N) is 4. The van der Waals surface area contributed by atoms with Crippen molar-refractivity contribution in [3.63, 3.8) is 0 Å². The fourth-order valence-corrected chi connectivity index (χ4v) is 1.07. The van der Waals surface area contributed by atoms with Crippen LogP contribution in [0.4, 0.5) is 5.69 Å².